The van der Waals surface area contributed by atoms with Crippen molar-refractivity contribution in [1.82, 2.24) is 38.2 Å². The lowest BCUT2D eigenvalue weighted by Gasteiger charge is -2.12. The molecule has 0 spiro atoms. The van der Waals surface area contributed by atoms with Gasteiger partial charge in [0.15, 0.2) is 11.6 Å². The Morgan fingerprint density at radius 3 is 0.788 bits per heavy atom. The van der Waals surface area contributed by atoms with Crippen molar-refractivity contribution in [3.8, 4) is 135 Å². The number of hydrogen-bond donors (Lipinski definition) is 0. The number of nitrogens with zero attached hydrogens (tertiary/aromatic N) is 8. The van der Waals surface area contributed by atoms with Crippen LogP contribution in [-0.4, -0.2) is 38.2 Å². The second-order valence-corrected chi connectivity index (χ2v) is 34.0. The highest BCUT2D eigenvalue weighted by atomic mass is 15.0. The minimum Gasteiger partial charge on any atom is -0.309 e. The van der Waals surface area contributed by atoms with Gasteiger partial charge < -0.3 is 18.3 Å². The number of para-hydroxylation sites is 6. The third-order valence-corrected chi connectivity index (χ3v) is 26.3. The fourth-order valence-corrected chi connectivity index (χ4v) is 19.8. The molecular formula is C124H80N8. The van der Waals surface area contributed by atoms with Crippen molar-refractivity contribution in [2.75, 3.05) is 0 Å². The van der Waals surface area contributed by atoms with E-state index >= 15 is 0 Å². The quantitative estimate of drug-likeness (QED) is 0.109. The van der Waals surface area contributed by atoms with Gasteiger partial charge in [0.05, 0.1) is 66.9 Å². The molecular weight excluding hydrogens is 1600 g/mol. The lowest BCUT2D eigenvalue weighted by atomic mass is 10.0. The Morgan fingerprint density at radius 1 is 0.121 bits per heavy atom. The molecule has 20 aromatic carbocycles. The normalized spacial score (nSPS) is 11.6. The van der Waals surface area contributed by atoms with Gasteiger partial charge in [-0.3, -0.25) is 0 Å². The number of rotatable bonds is 14. The lowest BCUT2D eigenvalue weighted by Crippen LogP contribution is -1.97. The maximum atomic E-state index is 5.23. The molecule has 0 unspecified atom stereocenters. The van der Waals surface area contributed by atoms with Crippen LogP contribution in [-0.2, 0) is 0 Å². The fourth-order valence-electron chi connectivity index (χ4n) is 19.8. The number of fused-ring (bicyclic) bond motifs is 14. The van der Waals surface area contributed by atoms with Gasteiger partial charge in [-0.15, -0.1) is 0 Å². The zero-order chi connectivity index (χ0) is 87.1. The maximum Gasteiger partial charge on any atom is 0.160 e. The van der Waals surface area contributed by atoms with Gasteiger partial charge in [0.25, 0.3) is 0 Å². The first kappa shape index (κ1) is 76.7. The molecule has 26 aromatic rings. The average molecular weight is 1680 g/mol. The second-order valence-electron chi connectivity index (χ2n) is 34.0. The van der Waals surface area contributed by atoms with Crippen LogP contribution in [0.5, 0.6) is 0 Å². The van der Waals surface area contributed by atoms with Gasteiger partial charge >= 0.3 is 0 Å². The molecule has 132 heavy (non-hydrogen) atoms. The summed E-state index contributed by atoms with van der Waals surface area (Å²) < 4.78 is 9.54. The van der Waals surface area contributed by atoms with Crippen molar-refractivity contribution in [2.45, 2.75) is 0 Å². The van der Waals surface area contributed by atoms with Crippen molar-refractivity contribution >= 4 is 109 Å². The molecule has 26 rings (SSSR count). The Morgan fingerprint density at radius 2 is 0.371 bits per heavy atom. The van der Waals surface area contributed by atoms with E-state index < -0.39 is 0 Å². The van der Waals surface area contributed by atoms with Crippen LogP contribution in [0.1, 0.15) is 0 Å². The van der Waals surface area contributed by atoms with E-state index in [-0.39, 0.29) is 0 Å². The topological polar surface area (TPSA) is 71.3 Å². The molecule has 0 bridgehead atoms. The molecule has 0 aliphatic carbocycles. The zero-order valence-electron chi connectivity index (χ0n) is 71.8. The zero-order valence-corrected chi connectivity index (χ0v) is 71.8. The van der Waals surface area contributed by atoms with E-state index in [2.05, 4.69) is 491 Å². The van der Waals surface area contributed by atoms with Gasteiger partial charge in [-0.25, -0.2) is 19.9 Å². The minimum atomic E-state index is 0.687. The van der Waals surface area contributed by atoms with Crippen LogP contribution in [0.3, 0.4) is 0 Å². The van der Waals surface area contributed by atoms with Crippen molar-refractivity contribution in [3.05, 3.63) is 485 Å². The van der Waals surface area contributed by atoms with Crippen molar-refractivity contribution in [1.29, 1.82) is 0 Å². The monoisotopic (exact) mass is 1680 g/mol. The highest BCUT2D eigenvalue weighted by Crippen LogP contribution is 2.44. The summed E-state index contributed by atoms with van der Waals surface area (Å²) in [6.07, 6.45) is 0. The van der Waals surface area contributed by atoms with E-state index in [0.29, 0.717) is 11.6 Å². The first-order chi connectivity index (χ1) is 65.4. The summed E-state index contributed by atoms with van der Waals surface area (Å²) in [5.41, 5.74) is 33.0. The molecule has 616 valence electrons. The first-order valence-electron chi connectivity index (χ1n) is 44.9. The van der Waals surface area contributed by atoms with Crippen LogP contribution >= 0.6 is 0 Å². The van der Waals surface area contributed by atoms with E-state index in [4.69, 9.17) is 19.9 Å². The van der Waals surface area contributed by atoms with Gasteiger partial charge in [0.1, 0.15) is 0 Å². The molecule has 8 nitrogen and oxygen atoms in total. The summed E-state index contributed by atoms with van der Waals surface area (Å²) in [5, 5.41) is 14.6. The number of benzene rings is 20. The Kier molecular flexibility index (Phi) is 18.8. The summed E-state index contributed by atoms with van der Waals surface area (Å²) in [4.78, 5) is 20.8. The second kappa shape index (κ2) is 32.3. The molecule has 0 saturated heterocycles. The van der Waals surface area contributed by atoms with Gasteiger partial charge in [-0.05, 0) is 200 Å². The minimum absolute atomic E-state index is 0.687. The van der Waals surface area contributed by atoms with Gasteiger partial charge in [-0.1, -0.05) is 352 Å². The summed E-state index contributed by atoms with van der Waals surface area (Å²) in [7, 11) is 0. The smallest absolute Gasteiger partial charge is 0.160 e. The summed E-state index contributed by atoms with van der Waals surface area (Å²) in [6, 6.07) is 174. The van der Waals surface area contributed by atoms with Gasteiger partial charge in [-0.2, -0.15) is 0 Å². The van der Waals surface area contributed by atoms with Crippen LogP contribution in [0.2, 0.25) is 0 Å². The average Bonchev–Trinajstić information content (AvgIpc) is 1.59. The highest BCUT2D eigenvalue weighted by Gasteiger charge is 2.23. The molecule has 0 radical (unpaired) electrons. The lowest BCUT2D eigenvalue weighted by molar-refractivity contribution is 1.17. The predicted octanol–water partition coefficient (Wildman–Crippen LogP) is 32.3. The van der Waals surface area contributed by atoms with E-state index in [1.807, 2.05) is 12.1 Å². The Bertz CT molecular complexity index is 8760. The van der Waals surface area contributed by atoms with E-state index in [1.165, 1.54) is 126 Å². The third kappa shape index (κ3) is 13.7. The third-order valence-electron chi connectivity index (χ3n) is 26.3. The molecule has 0 aliphatic rings. The van der Waals surface area contributed by atoms with E-state index in [1.54, 1.807) is 0 Å². The Balaban J connectivity index is 0.000000142. The molecule has 0 N–H and O–H groups in total. The van der Waals surface area contributed by atoms with E-state index in [0.717, 1.165) is 106 Å². The van der Waals surface area contributed by atoms with Crippen LogP contribution in [0.4, 0.5) is 0 Å². The molecule has 6 aromatic heterocycles. The standard InChI is InChI=1S/C64H42N4.C60H38N4/c1-4-14-43(15-5-1)45-24-28-47(29-25-45)58-42-59(66-64(65-58)49-30-26-46(27-31-49)44-16-6-2-7-17-44)48-32-36-53(37-33-48)67-61-23-13-11-21-55(61)57-40-50(35-39-62(57)67)51-34-38-56-54-20-10-12-22-60(54)68(63(56)41-51)52-18-8-3-9-19-52;1-2-16-48(17-3-1)64-56-20-10-8-18-50(56)52-32-28-45(37-59(52)64)44-29-33-58-53(36-44)51-19-9-11-21-57(51)63(58)49-30-26-41(27-31-49)54-38-55(46-24-22-39-12-4-6-14-42(39)34-46)62-60(61-54)47-25-23-40-13-5-7-15-43(40)35-47/h1-42H;1-38H. The van der Waals surface area contributed by atoms with Crippen LogP contribution in [0.25, 0.3) is 244 Å². The molecule has 0 saturated carbocycles. The maximum absolute atomic E-state index is 5.23. The van der Waals surface area contributed by atoms with Crippen molar-refractivity contribution < 1.29 is 0 Å². The molecule has 6 heterocycles. The predicted molar refractivity (Wildman–Crippen MR) is 551 cm³/mol. The highest BCUT2D eigenvalue weighted by molar-refractivity contribution is 6.15. The van der Waals surface area contributed by atoms with Crippen LogP contribution in [0, 0.1) is 0 Å². The van der Waals surface area contributed by atoms with E-state index in [9.17, 15) is 0 Å². The summed E-state index contributed by atoms with van der Waals surface area (Å²) in [5.74, 6) is 1.39. The molecule has 0 amide bonds. The number of aromatic nitrogens is 8. The molecule has 0 aliphatic heterocycles. The van der Waals surface area contributed by atoms with Crippen molar-refractivity contribution in [3.63, 3.8) is 0 Å². The Hall–Kier alpha value is -17.7. The summed E-state index contributed by atoms with van der Waals surface area (Å²) in [6.45, 7) is 0. The van der Waals surface area contributed by atoms with Crippen molar-refractivity contribution in [2.24, 2.45) is 0 Å². The van der Waals surface area contributed by atoms with Gasteiger partial charge in [0.2, 0.25) is 0 Å². The SMILES string of the molecule is c1ccc(-c2ccc(-c3cc(-c4ccc(-n5c6ccccc6c6cc(-c7ccc8c9ccccc9n(-c9ccccc9)c8c7)ccc65)cc4)nc(-c4ccc(-c5ccccc5)cc4)n3)cc2)cc1.c1ccc(-n2c3ccccc3c3ccc(-c4ccc5c(c4)c4ccccc4n5-c4ccc(-c5cc(-c6ccc7ccccc7c6)nc(-c6ccc7ccccc7c6)n5)cc4)cc32)cc1. The Labute approximate surface area is 762 Å². The van der Waals surface area contributed by atoms with Crippen LogP contribution < -0.4 is 0 Å². The van der Waals surface area contributed by atoms with Crippen LogP contribution in [0.15, 0.2) is 485 Å². The molecule has 8 heteroatoms. The fraction of sp³-hybridized carbons (Fsp3) is 0. The largest absolute Gasteiger partial charge is 0.309 e. The first-order valence-corrected chi connectivity index (χ1v) is 44.9. The van der Waals surface area contributed by atoms with Gasteiger partial charge in [0, 0.05) is 99.2 Å². The summed E-state index contributed by atoms with van der Waals surface area (Å²) >= 11 is 0. The number of hydrogen-bond acceptors (Lipinski definition) is 4. The molecule has 0 atom stereocenters. The molecule has 0 fully saturated rings.